The van der Waals surface area contributed by atoms with Gasteiger partial charge in [0.1, 0.15) is 5.76 Å². The molecule has 196 valence electrons. The van der Waals surface area contributed by atoms with Gasteiger partial charge in [-0.2, -0.15) is 0 Å². The summed E-state index contributed by atoms with van der Waals surface area (Å²) in [6.07, 6.45) is 19.0. The van der Waals surface area contributed by atoms with E-state index in [0.29, 0.717) is 5.76 Å². The number of fused-ring (bicyclic) bond motifs is 2. The van der Waals surface area contributed by atoms with E-state index in [-0.39, 0.29) is 0 Å². The van der Waals surface area contributed by atoms with Crippen LogP contribution < -0.4 is 21.3 Å². The van der Waals surface area contributed by atoms with E-state index in [1.807, 2.05) is 6.08 Å². The number of benzene rings is 1. The fourth-order valence-electron chi connectivity index (χ4n) is 5.30. The van der Waals surface area contributed by atoms with Gasteiger partial charge in [0, 0.05) is 18.7 Å². The molecule has 5 N–H and O–H groups in total. The lowest BCUT2D eigenvalue weighted by molar-refractivity contribution is 0.412. The zero-order chi connectivity index (χ0) is 24.8. The monoisotopic (exact) mass is 490 g/mol. The molecule has 3 aliphatic carbocycles. The molecule has 1 aromatic rings. The topological polar surface area (TPSA) is 68.3 Å². The molecule has 0 heterocycles. The minimum absolute atomic E-state index is 0.458. The average Bonchev–Trinajstić information content (AvgIpc) is 3.27. The first kappa shape index (κ1) is 26.9. The minimum atomic E-state index is 0.458. The van der Waals surface area contributed by atoms with Gasteiger partial charge in [-0.15, -0.1) is 0 Å². The van der Waals surface area contributed by atoms with Crippen molar-refractivity contribution in [3.63, 3.8) is 0 Å². The van der Waals surface area contributed by atoms with E-state index < -0.39 is 0 Å². The molecule has 0 aliphatic heterocycles. The fraction of sp³-hybridized carbons (Fsp3) is 0.548. The van der Waals surface area contributed by atoms with E-state index in [4.69, 9.17) is 0 Å². The molecule has 0 unspecified atom stereocenters. The van der Waals surface area contributed by atoms with Crippen LogP contribution in [-0.2, 0) is 13.0 Å². The summed E-state index contributed by atoms with van der Waals surface area (Å²) in [5, 5.41) is 24.0. The van der Waals surface area contributed by atoms with Crippen LogP contribution in [0.25, 0.3) is 5.57 Å². The summed E-state index contributed by atoms with van der Waals surface area (Å²) < 4.78 is 0. The van der Waals surface area contributed by atoms with Gasteiger partial charge in [0.05, 0.1) is 0 Å². The Morgan fingerprint density at radius 3 is 2.19 bits per heavy atom. The number of hydrogen-bond acceptors (Lipinski definition) is 5. The Labute approximate surface area is 218 Å². The predicted octanol–water partition coefficient (Wildman–Crippen LogP) is 4.93. The lowest BCUT2D eigenvalue weighted by Gasteiger charge is -2.12. The van der Waals surface area contributed by atoms with Gasteiger partial charge >= 0.3 is 0 Å². The van der Waals surface area contributed by atoms with Gasteiger partial charge in [-0.1, -0.05) is 35.9 Å². The standard InChI is InChI=1S/C31H46N4O/c36-31-12-4-2-10-28(31)24-35-20-8-18-33-16-6-5-15-32-17-7-19-34-23-25-13-14-27-22-26-9-1-3-11-29(26)30(27)21-25/h3,10-14,21,32-36H,1-2,4-9,15-20,22-24H2. The fourth-order valence-corrected chi connectivity index (χ4v) is 5.30. The predicted molar refractivity (Wildman–Crippen MR) is 152 cm³/mol. The molecule has 0 fully saturated rings. The molecular formula is C31H46N4O. The van der Waals surface area contributed by atoms with Crippen LogP contribution in [0, 0.1) is 0 Å². The molecule has 0 bridgehead atoms. The Morgan fingerprint density at radius 1 is 0.722 bits per heavy atom. The van der Waals surface area contributed by atoms with Crippen molar-refractivity contribution >= 4 is 5.57 Å². The van der Waals surface area contributed by atoms with Crippen molar-refractivity contribution in [1.82, 2.24) is 21.3 Å². The molecule has 0 aromatic heterocycles. The summed E-state index contributed by atoms with van der Waals surface area (Å²) >= 11 is 0. The van der Waals surface area contributed by atoms with Crippen LogP contribution >= 0.6 is 0 Å². The maximum absolute atomic E-state index is 9.81. The number of nitrogens with one attached hydrogen (secondary N) is 4. The zero-order valence-electron chi connectivity index (χ0n) is 22.0. The van der Waals surface area contributed by atoms with Crippen molar-refractivity contribution in [2.75, 3.05) is 45.8 Å². The molecule has 1 aromatic carbocycles. The van der Waals surface area contributed by atoms with Crippen molar-refractivity contribution in [1.29, 1.82) is 0 Å². The molecule has 3 aliphatic rings. The molecule has 0 radical (unpaired) electrons. The van der Waals surface area contributed by atoms with Crippen molar-refractivity contribution in [3.8, 4) is 0 Å². The van der Waals surface area contributed by atoms with Crippen molar-refractivity contribution < 1.29 is 5.11 Å². The first-order valence-electron chi connectivity index (χ1n) is 14.2. The Bertz CT molecular complexity index is 959. The highest BCUT2D eigenvalue weighted by molar-refractivity contribution is 5.84. The Balaban J connectivity index is 0.923. The number of hydrogen-bond donors (Lipinski definition) is 5. The summed E-state index contributed by atoms with van der Waals surface area (Å²) in [4.78, 5) is 0. The Morgan fingerprint density at radius 2 is 1.42 bits per heavy atom. The van der Waals surface area contributed by atoms with Crippen molar-refractivity contribution in [2.45, 2.75) is 64.3 Å². The molecular weight excluding hydrogens is 444 g/mol. The van der Waals surface area contributed by atoms with Crippen LogP contribution in [-0.4, -0.2) is 50.9 Å². The van der Waals surface area contributed by atoms with E-state index in [1.54, 1.807) is 5.57 Å². The number of aliphatic hydroxyl groups excluding tert-OH is 1. The van der Waals surface area contributed by atoms with Gasteiger partial charge in [0.2, 0.25) is 0 Å². The lowest BCUT2D eigenvalue weighted by atomic mass is 9.97. The second kappa shape index (κ2) is 15.2. The van der Waals surface area contributed by atoms with Gasteiger partial charge in [-0.25, -0.2) is 0 Å². The Hall–Kier alpha value is -2.18. The van der Waals surface area contributed by atoms with E-state index in [0.717, 1.165) is 83.6 Å². The molecule has 5 nitrogen and oxygen atoms in total. The first-order chi connectivity index (χ1) is 17.8. The Kier molecular flexibility index (Phi) is 11.3. The molecule has 36 heavy (non-hydrogen) atoms. The number of unbranched alkanes of at least 4 members (excludes halogenated alkanes) is 1. The van der Waals surface area contributed by atoms with Gasteiger partial charge in [0.25, 0.3) is 0 Å². The quantitative estimate of drug-likeness (QED) is 0.200. The minimum Gasteiger partial charge on any atom is -0.508 e. The molecule has 5 heteroatoms. The van der Waals surface area contributed by atoms with Crippen LogP contribution in [0.2, 0.25) is 0 Å². The summed E-state index contributed by atoms with van der Waals surface area (Å²) in [7, 11) is 0. The highest BCUT2D eigenvalue weighted by Crippen LogP contribution is 2.38. The lowest BCUT2D eigenvalue weighted by Crippen LogP contribution is -2.25. The number of aliphatic hydroxyl groups is 1. The second-order valence-corrected chi connectivity index (χ2v) is 10.3. The van der Waals surface area contributed by atoms with Crippen LogP contribution in [0.5, 0.6) is 0 Å². The zero-order valence-corrected chi connectivity index (χ0v) is 22.0. The molecule has 4 rings (SSSR count). The smallest absolute Gasteiger partial charge is 0.115 e. The highest BCUT2D eigenvalue weighted by Gasteiger charge is 2.21. The van der Waals surface area contributed by atoms with Crippen molar-refractivity contribution in [2.24, 2.45) is 0 Å². The molecule has 0 atom stereocenters. The maximum Gasteiger partial charge on any atom is 0.115 e. The summed E-state index contributed by atoms with van der Waals surface area (Å²) in [5.41, 5.74) is 8.56. The maximum atomic E-state index is 9.81. The summed E-state index contributed by atoms with van der Waals surface area (Å²) in [6.45, 7) is 8.09. The molecule has 0 spiro atoms. The number of rotatable bonds is 17. The van der Waals surface area contributed by atoms with Crippen LogP contribution in [0.3, 0.4) is 0 Å². The third kappa shape index (κ3) is 8.45. The summed E-state index contributed by atoms with van der Waals surface area (Å²) in [5.74, 6) is 0.458. The molecule has 0 saturated heterocycles. The average molecular weight is 491 g/mol. The number of allylic oxidation sites excluding steroid dienone is 6. The van der Waals surface area contributed by atoms with Gasteiger partial charge < -0.3 is 26.4 Å². The summed E-state index contributed by atoms with van der Waals surface area (Å²) in [6, 6.07) is 7.05. The van der Waals surface area contributed by atoms with Gasteiger partial charge in [0.15, 0.2) is 0 Å². The molecule has 0 amide bonds. The van der Waals surface area contributed by atoms with E-state index in [9.17, 15) is 5.11 Å². The van der Waals surface area contributed by atoms with Crippen LogP contribution in [0.1, 0.15) is 68.1 Å². The van der Waals surface area contributed by atoms with E-state index >= 15 is 0 Å². The van der Waals surface area contributed by atoms with Crippen LogP contribution in [0.4, 0.5) is 0 Å². The first-order valence-corrected chi connectivity index (χ1v) is 14.2. The van der Waals surface area contributed by atoms with Crippen molar-refractivity contribution in [3.05, 3.63) is 76.1 Å². The van der Waals surface area contributed by atoms with Crippen LogP contribution in [0.15, 0.2) is 59.4 Å². The largest absolute Gasteiger partial charge is 0.508 e. The van der Waals surface area contributed by atoms with Gasteiger partial charge in [-0.05, 0) is 131 Å². The third-order valence-electron chi connectivity index (χ3n) is 7.39. The van der Waals surface area contributed by atoms with E-state index in [2.05, 4.69) is 57.7 Å². The van der Waals surface area contributed by atoms with E-state index in [1.165, 1.54) is 54.4 Å². The van der Waals surface area contributed by atoms with Gasteiger partial charge in [-0.3, -0.25) is 0 Å². The third-order valence-corrected chi connectivity index (χ3v) is 7.39. The second-order valence-electron chi connectivity index (χ2n) is 10.3. The normalized spacial score (nSPS) is 16.7. The molecule has 0 saturated carbocycles. The SMILES string of the molecule is OC1=CCCC=C1CNCCCNCCCCNCCCNCc1ccc2c(c1)C1=C(CCC=C1)C2. The highest BCUT2D eigenvalue weighted by atomic mass is 16.3.